The molecule has 0 spiro atoms. The van der Waals surface area contributed by atoms with Crippen LogP contribution in [0.15, 0.2) is 18.2 Å². The second kappa shape index (κ2) is 5.70. The molecule has 0 aliphatic rings. The minimum absolute atomic E-state index is 0.0989. The first-order chi connectivity index (χ1) is 8.14. The lowest BCUT2D eigenvalue weighted by atomic mass is 10.2. The summed E-state index contributed by atoms with van der Waals surface area (Å²) in [4.78, 5) is 4.77. The molecule has 0 aliphatic carbocycles. The maximum Gasteiger partial charge on any atom is 0.0450 e. The Kier molecular flexibility index (Phi) is 4.95. The fraction of sp³-hybridized carbons (Fsp3) is 0.688. The summed E-state index contributed by atoms with van der Waals surface area (Å²) in [6, 6.07) is 6.46. The van der Waals surface area contributed by atoms with E-state index in [9.17, 15) is 0 Å². The summed E-state index contributed by atoms with van der Waals surface area (Å²) in [5, 5.41) is 0.745. The van der Waals surface area contributed by atoms with E-state index in [2.05, 4.69) is 66.7 Å². The average Bonchev–Trinajstić information content (AvgIpc) is 2.23. The van der Waals surface area contributed by atoms with Gasteiger partial charge in [-0.1, -0.05) is 62.5 Å². The van der Waals surface area contributed by atoms with E-state index in [1.165, 1.54) is 11.4 Å². The monoisotopic (exact) mass is 265 g/mol. The molecular weight excluding hydrogens is 237 g/mol. The highest BCUT2D eigenvalue weighted by Crippen LogP contribution is 2.60. The van der Waals surface area contributed by atoms with E-state index in [-0.39, 0.29) is 7.92 Å². The first-order valence-corrected chi connectivity index (χ1v) is 8.40. The van der Waals surface area contributed by atoms with Crippen molar-refractivity contribution in [3.8, 4) is 0 Å². The lowest BCUT2D eigenvalue weighted by Crippen LogP contribution is -2.26. The van der Waals surface area contributed by atoms with Crippen molar-refractivity contribution in [3.63, 3.8) is 0 Å². The van der Waals surface area contributed by atoms with E-state index in [4.69, 9.17) is 4.98 Å². The fourth-order valence-electron chi connectivity index (χ4n) is 2.46. The minimum atomic E-state index is -0.0989. The van der Waals surface area contributed by atoms with Crippen molar-refractivity contribution in [3.05, 3.63) is 29.6 Å². The second-order valence-corrected chi connectivity index (χ2v) is 10.8. The zero-order chi connectivity index (χ0) is 14.0. The van der Waals surface area contributed by atoms with Crippen LogP contribution in [-0.4, -0.2) is 15.3 Å². The molecule has 1 nitrogen and oxygen atoms in total. The molecule has 0 amide bonds. The second-order valence-electron chi connectivity index (χ2n) is 6.90. The topological polar surface area (TPSA) is 12.9 Å². The summed E-state index contributed by atoms with van der Waals surface area (Å²) in [7, 11) is -0.0989. The van der Waals surface area contributed by atoms with Gasteiger partial charge in [0.2, 0.25) is 0 Å². The number of nitrogens with zero attached hydrogens (tertiary/aromatic N) is 1. The van der Waals surface area contributed by atoms with Crippen LogP contribution in [0.1, 0.15) is 59.9 Å². The van der Waals surface area contributed by atoms with Gasteiger partial charge in [-0.05, 0) is 28.9 Å². The summed E-state index contributed by atoms with van der Waals surface area (Å²) in [5.74, 6) is 0. The third-order valence-corrected chi connectivity index (χ3v) is 7.05. The molecular formula is C16H28NP. The third-order valence-electron chi connectivity index (χ3n) is 3.17. The van der Waals surface area contributed by atoms with Crippen LogP contribution in [0.3, 0.4) is 0 Å². The fourth-order valence-corrected chi connectivity index (χ4v) is 5.92. The molecule has 1 aromatic rings. The lowest BCUT2D eigenvalue weighted by Gasteiger charge is -2.41. The Morgan fingerprint density at radius 3 is 1.89 bits per heavy atom. The number of pyridine rings is 1. The highest BCUT2D eigenvalue weighted by Gasteiger charge is 2.34. The highest BCUT2D eigenvalue weighted by atomic mass is 31.1. The first kappa shape index (κ1) is 15.6. The smallest absolute Gasteiger partial charge is 0.0450 e. The molecule has 0 N–H and O–H groups in total. The quantitative estimate of drug-likeness (QED) is 0.682. The summed E-state index contributed by atoms with van der Waals surface area (Å²) in [6.07, 6.45) is 2.16. The number of hydrogen-bond acceptors (Lipinski definition) is 1. The molecule has 0 unspecified atom stereocenters. The van der Waals surface area contributed by atoms with Gasteiger partial charge >= 0.3 is 0 Å². The van der Waals surface area contributed by atoms with Crippen molar-refractivity contribution >= 4 is 7.92 Å². The average molecular weight is 265 g/mol. The number of hydrogen-bond donors (Lipinski definition) is 0. The number of aromatic nitrogens is 1. The van der Waals surface area contributed by atoms with Gasteiger partial charge in [0.05, 0.1) is 0 Å². The zero-order valence-corrected chi connectivity index (χ0v) is 13.9. The van der Waals surface area contributed by atoms with Gasteiger partial charge in [0, 0.05) is 17.5 Å². The van der Waals surface area contributed by atoms with Crippen molar-refractivity contribution in [2.75, 3.05) is 0 Å². The van der Waals surface area contributed by atoms with Crippen molar-refractivity contribution < 1.29 is 0 Å². The van der Waals surface area contributed by atoms with Crippen LogP contribution < -0.4 is 0 Å². The molecule has 0 radical (unpaired) electrons. The molecule has 1 rings (SSSR count). The lowest BCUT2D eigenvalue weighted by molar-refractivity contribution is 0.701. The molecule has 2 heteroatoms. The van der Waals surface area contributed by atoms with Crippen molar-refractivity contribution in [1.29, 1.82) is 0 Å². The van der Waals surface area contributed by atoms with Crippen molar-refractivity contribution in [2.24, 2.45) is 0 Å². The number of rotatable bonds is 3. The van der Waals surface area contributed by atoms with Crippen LogP contribution in [0.4, 0.5) is 0 Å². The number of aryl methyl sites for hydroxylation is 1. The van der Waals surface area contributed by atoms with Gasteiger partial charge in [-0.25, -0.2) is 0 Å². The van der Waals surface area contributed by atoms with Gasteiger partial charge in [0.1, 0.15) is 0 Å². The Morgan fingerprint density at radius 1 is 0.944 bits per heavy atom. The normalized spacial score (nSPS) is 13.1. The molecule has 1 aromatic heterocycles. The Bertz CT molecular complexity index is 371. The molecule has 102 valence electrons. The predicted octanol–water partition coefficient (Wildman–Crippen LogP) is 5.22. The third kappa shape index (κ3) is 4.35. The van der Waals surface area contributed by atoms with Crippen LogP contribution in [0.5, 0.6) is 0 Å². The van der Waals surface area contributed by atoms with Gasteiger partial charge in [0.15, 0.2) is 0 Å². The Hall–Kier alpha value is -0.420. The van der Waals surface area contributed by atoms with E-state index in [1.807, 2.05) is 0 Å². The molecule has 0 fully saturated rings. The van der Waals surface area contributed by atoms with E-state index >= 15 is 0 Å². The molecule has 0 aliphatic heterocycles. The maximum absolute atomic E-state index is 4.77. The SMILES string of the molecule is CCc1cccc(CP(C(C)(C)C)C(C)(C)C)n1. The molecule has 0 saturated carbocycles. The Morgan fingerprint density at radius 2 is 1.44 bits per heavy atom. The van der Waals surface area contributed by atoms with E-state index in [0.717, 1.165) is 12.6 Å². The summed E-state index contributed by atoms with van der Waals surface area (Å²) >= 11 is 0. The maximum atomic E-state index is 4.77. The standard InChI is InChI=1S/C16H28NP/c1-8-13-10-9-11-14(17-13)12-18(15(2,3)4)16(5,6)7/h9-11H,8,12H2,1-7H3. The largest absolute Gasteiger partial charge is 0.258 e. The van der Waals surface area contributed by atoms with E-state index in [1.54, 1.807) is 0 Å². The van der Waals surface area contributed by atoms with Crippen molar-refractivity contribution in [2.45, 2.75) is 71.4 Å². The van der Waals surface area contributed by atoms with Crippen LogP contribution in [0.25, 0.3) is 0 Å². The zero-order valence-electron chi connectivity index (χ0n) is 13.0. The van der Waals surface area contributed by atoms with Gasteiger partial charge in [-0.3, -0.25) is 4.98 Å². The van der Waals surface area contributed by atoms with Crippen molar-refractivity contribution in [1.82, 2.24) is 4.98 Å². The summed E-state index contributed by atoms with van der Waals surface area (Å²) in [6.45, 7) is 16.4. The summed E-state index contributed by atoms with van der Waals surface area (Å²) < 4.78 is 0. The van der Waals surface area contributed by atoms with Crippen LogP contribution >= 0.6 is 7.92 Å². The summed E-state index contributed by atoms with van der Waals surface area (Å²) in [5.41, 5.74) is 2.48. The van der Waals surface area contributed by atoms with Crippen LogP contribution in [0, 0.1) is 0 Å². The van der Waals surface area contributed by atoms with Gasteiger partial charge < -0.3 is 0 Å². The van der Waals surface area contributed by atoms with Gasteiger partial charge in [-0.2, -0.15) is 0 Å². The van der Waals surface area contributed by atoms with E-state index < -0.39 is 0 Å². The Balaban J connectivity index is 2.97. The highest BCUT2D eigenvalue weighted by molar-refractivity contribution is 7.60. The molecule has 18 heavy (non-hydrogen) atoms. The van der Waals surface area contributed by atoms with E-state index in [0.29, 0.717) is 10.3 Å². The van der Waals surface area contributed by atoms with Crippen LogP contribution in [0.2, 0.25) is 0 Å². The molecule has 1 heterocycles. The molecule has 0 saturated heterocycles. The first-order valence-electron chi connectivity index (χ1n) is 6.87. The van der Waals surface area contributed by atoms with Gasteiger partial charge in [-0.15, -0.1) is 0 Å². The minimum Gasteiger partial charge on any atom is -0.258 e. The van der Waals surface area contributed by atoms with Crippen LogP contribution in [-0.2, 0) is 12.6 Å². The van der Waals surface area contributed by atoms with Gasteiger partial charge in [0.25, 0.3) is 0 Å². The molecule has 0 bridgehead atoms. The molecule has 0 aromatic carbocycles. The Labute approximate surface area is 114 Å². The molecule has 0 atom stereocenters. The predicted molar refractivity (Wildman–Crippen MR) is 83.7 cm³/mol.